The number of ether oxygens (including phenoxy) is 1. The van der Waals surface area contributed by atoms with Crippen LogP contribution in [-0.2, 0) is 0 Å². The summed E-state index contributed by atoms with van der Waals surface area (Å²) in [4.78, 5) is 23.8. The zero-order valence-corrected chi connectivity index (χ0v) is 17.4. The van der Waals surface area contributed by atoms with Gasteiger partial charge < -0.3 is 15.0 Å². The summed E-state index contributed by atoms with van der Waals surface area (Å²) >= 11 is 1.80. The molecule has 0 bridgehead atoms. The molecule has 2 aromatic heterocycles. The van der Waals surface area contributed by atoms with Crippen molar-refractivity contribution in [2.45, 2.75) is 13.3 Å². The Bertz CT molecular complexity index is 1100. The Morgan fingerprint density at radius 2 is 1.84 bits per heavy atom. The highest BCUT2D eigenvalue weighted by molar-refractivity contribution is 7.99. The number of hydrogen-bond acceptors (Lipinski definition) is 6. The third-order valence-corrected chi connectivity index (χ3v) is 5.70. The van der Waals surface area contributed by atoms with Gasteiger partial charge in [0.2, 0.25) is 0 Å². The summed E-state index contributed by atoms with van der Waals surface area (Å²) in [5, 5.41) is 3.83. The number of carbonyl (C=O) groups is 1. The number of rotatable bonds is 4. The van der Waals surface area contributed by atoms with Crippen LogP contribution in [0.5, 0.6) is 5.75 Å². The smallest absolute Gasteiger partial charge is 0.406 e. The number of pyridine rings is 2. The van der Waals surface area contributed by atoms with Gasteiger partial charge in [-0.2, -0.15) is 11.8 Å². The Balaban J connectivity index is 1.71. The summed E-state index contributed by atoms with van der Waals surface area (Å²) in [5.41, 5.74) is 2.67. The van der Waals surface area contributed by atoms with Gasteiger partial charge in [0.1, 0.15) is 5.75 Å². The number of anilines is 2. The number of fused-ring (bicyclic) bond motifs is 1. The van der Waals surface area contributed by atoms with Crippen molar-refractivity contribution in [3.05, 3.63) is 53.9 Å². The second kappa shape index (κ2) is 8.62. The Hall–Kier alpha value is -3.01. The van der Waals surface area contributed by atoms with Gasteiger partial charge in [-0.1, -0.05) is 0 Å². The van der Waals surface area contributed by atoms with Crippen LogP contribution in [0.25, 0.3) is 11.0 Å². The van der Waals surface area contributed by atoms with Crippen molar-refractivity contribution in [2.24, 2.45) is 0 Å². The zero-order chi connectivity index (χ0) is 22.0. The molecule has 1 aliphatic heterocycles. The summed E-state index contributed by atoms with van der Waals surface area (Å²) < 4.78 is 41.2. The average Bonchev–Trinajstić information content (AvgIpc) is 2.74. The van der Waals surface area contributed by atoms with E-state index < -0.39 is 6.36 Å². The summed E-state index contributed by atoms with van der Waals surface area (Å²) in [6, 6.07) is 9.00. The highest BCUT2D eigenvalue weighted by Crippen LogP contribution is 2.31. The molecule has 1 N–H and O–H groups in total. The van der Waals surface area contributed by atoms with E-state index in [0.29, 0.717) is 41.1 Å². The molecular formula is C21H19F3N4O2S. The van der Waals surface area contributed by atoms with Crippen molar-refractivity contribution in [2.75, 3.05) is 29.9 Å². The second-order valence-electron chi connectivity index (χ2n) is 6.97. The van der Waals surface area contributed by atoms with Gasteiger partial charge in [-0.25, -0.2) is 9.97 Å². The van der Waals surface area contributed by atoms with E-state index in [-0.39, 0.29) is 11.7 Å². The molecule has 1 amide bonds. The number of carbonyl (C=O) groups excluding carboxylic acids is 1. The van der Waals surface area contributed by atoms with Crippen LogP contribution in [0.1, 0.15) is 16.1 Å². The summed E-state index contributed by atoms with van der Waals surface area (Å²) in [7, 11) is 0. The number of benzene rings is 1. The van der Waals surface area contributed by atoms with Crippen LogP contribution < -0.4 is 10.1 Å². The minimum Gasteiger partial charge on any atom is -0.406 e. The van der Waals surface area contributed by atoms with Gasteiger partial charge in [0, 0.05) is 47.6 Å². The topological polar surface area (TPSA) is 67.3 Å². The molecule has 31 heavy (non-hydrogen) atoms. The molecule has 1 fully saturated rings. The first-order valence-electron chi connectivity index (χ1n) is 9.56. The SMILES string of the molecule is Cc1ccc2c(Nc3ccc(OC(F)(F)F)cc3)c(C(=O)N3CCSCC3)cnc2n1. The normalized spacial score (nSPS) is 14.5. The summed E-state index contributed by atoms with van der Waals surface area (Å²) in [6.45, 7) is 3.14. The van der Waals surface area contributed by atoms with Gasteiger partial charge in [-0.05, 0) is 43.3 Å². The number of nitrogens with one attached hydrogen (secondary N) is 1. The van der Waals surface area contributed by atoms with Crippen molar-refractivity contribution in [3.8, 4) is 5.75 Å². The molecule has 10 heteroatoms. The van der Waals surface area contributed by atoms with Crippen molar-refractivity contribution in [1.29, 1.82) is 0 Å². The van der Waals surface area contributed by atoms with Gasteiger partial charge in [-0.3, -0.25) is 4.79 Å². The van der Waals surface area contributed by atoms with Gasteiger partial charge in [0.15, 0.2) is 5.65 Å². The number of aryl methyl sites for hydroxylation is 1. The maximum atomic E-state index is 13.2. The maximum Gasteiger partial charge on any atom is 0.573 e. The molecule has 1 aliphatic rings. The van der Waals surface area contributed by atoms with Crippen LogP contribution in [0, 0.1) is 6.92 Å². The Morgan fingerprint density at radius 3 is 2.52 bits per heavy atom. The third-order valence-electron chi connectivity index (χ3n) is 4.75. The maximum absolute atomic E-state index is 13.2. The molecule has 0 spiro atoms. The number of thioether (sulfide) groups is 1. The van der Waals surface area contributed by atoms with Crippen molar-refractivity contribution >= 4 is 40.1 Å². The lowest BCUT2D eigenvalue weighted by atomic mass is 10.1. The first kappa shape index (κ1) is 21.2. The minimum absolute atomic E-state index is 0.144. The number of halogens is 3. The van der Waals surface area contributed by atoms with E-state index in [2.05, 4.69) is 20.0 Å². The molecule has 0 saturated carbocycles. The van der Waals surface area contributed by atoms with E-state index in [9.17, 15) is 18.0 Å². The average molecular weight is 448 g/mol. The standard InChI is InChI=1S/C21H19F3N4O2S/c1-13-2-7-16-18(27-14-3-5-15(6-4-14)30-21(22,23)24)17(12-25-19(16)26-13)20(29)28-8-10-31-11-9-28/h2-7,12H,8-11H2,1H3,(H,25,26,27). The number of hydrogen-bond donors (Lipinski definition) is 1. The van der Waals surface area contributed by atoms with E-state index >= 15 is 0 Å². The van der Waals surface area contributed by atoms with Crippen molar-refractivity contribution in [3.63, 3.8) is 0 Å². The molecule has 0 unspecified atom stereocenters. The fourth-order valence-corrected chi connectivity index (χ4v) is 4.19. The second-order valence-corrected chi connectivity index (χ2v) is 8.20. The van der Waals surface area contributed by atoms with Crippen LogP contribution in [0.15, 0.2) is 42.6 Å². The lowest BCUT2D eigenvalue weighted by Gasteiger charge is -2.27. The first-order valence-corrected chi connectivity index (χ1v) is 10.7. The first-order chi connectivity index (χ1) is 14.8. The summed E-state index contributed by atoms with van der Waals surface area (Å²) in [5.74, 6) is 1.28. The third kappa shape index (κ3) is 5.01. The fourth-order valence-electron chi connectivity index (χ4n) is 3.29. The molecule has 3 aromatic rings. The largest absolute Gasteiger partial charge is 0.573 e. The van der Waals surface area contributed by atoms with Gasteiger partial charge >= 0.3 is 6.36 Å². The predicted octanol–water partition coefficient (Wildman–Crippen LogP) is 4.77. The van der Waals surface area contributed by atoms with Crippen LogP contribution >= 0.6 is 11.8 Å². The minimum atomic E-state index is -4.76. The van der Waals surface area contributed by atoms with E-state index in [0.717, 1.165) is 17.2 Å². The van der Waals surface area contributed by atoms with E-state index in [4.69, 9.17) is 0 Å². The number of alkyl halides is 3. The lowest BCUT2D eigenvalue weighted by Crippen LogP contribution is -2.38. The highest BCUT2D eigenvalue weighted by atomic mass is 32.2. The van der Waals surface area contributed by atoms with Crippen LogP contribution in [0.4, 0.5) is 24.5 Å². The van der Waals surface area contributed by atoms with Gasteiger partial charge in [0.25, 0.3) is 5.91 Å². The summed E-state index contributed by atoms with van der Waals surface area (Å²) in [6.07, 6.45) is -3.26. The van der Waals surface area contributed by atoms with E-state index in [1.165, 1.54) is 30.5 Å². The Labute approximate surface area is 180 Å². The van der Waals surface area contributed by atoms with Gasteiger partial charge in [-0.15, -0.1) is 13.2 Å². The predicted molar refractivity (Wildman–Crippen MR) is 114 cm³/mol. The molecule has 1 aromatic carbocycles. The number of aromatic nitrogens is 2. The Morgan fingerprint density at radius 1 is 1.13 bits per heavy atom. The molecule has 162 valence electrons. The van der Waals surface area contributed by atoms with Crippen LogP contribution in [0.3, 0.4) is 0 Å². The molecule has 3 heterocycles. The quantitative estimate of drug-likeness (QED) is 0.620. The molecule has 0 radical (unpaired) electrons. The molecule has 0 aliphatic carbocycles. The van der Waals surface area contributed by atoms with Crippen LogP contribution in [0.2, 0.25) is 0 Å². The van der Waals surface area contributed by atoms with E-state index in [1.807, 2.05) is 19.1 Å². The van der Waals surface area contributed by atoms with E-state index in [1.54, 1.807) is 16.7 Å². The van der Waals surface area contributed by atoms with Gasteiger partial charge in [0.05, 0.1) is 11.3 Å². The van der Waals surface area contributed by atoms with Crippen LogP contribution in [-0.4, -0.2) is 51.7 Å². The molecule has 6 nitrogen and oxygen atoms in total. The molecular weight excluding hydrogens is 429 g/mol. The highest BCUT2D eigenvalue weighted by Gasteiger charge is 2.31. The Kier molecular flexibility index (Phi) is 5.90. The molecule has 4 rings (SSSR count). The molecule has 1 saturated heterocycles. The number of nitrogens with zero attached hydrogens (tertiary/aromatic N) is 3. The molecule has 0 atom stereocenters. The zero-order valence-electron chi connectivity index (χ0n) is 16.6. The number of amides is 1. The lowest BCUT2D eigenvalue weighted by molar-refractivity contribution is -0.274. The van der Waals surface area contributed by atoms with Crippen molar-refractivity contribution in [1.82, 2.24) is 14.9 Å². The fraction of sp³-hybridized carbons (Fsp3) is 0.286. The van der Waals surface area contributed by atoms with Crippen molar-refractivity contribution < 1.29 is 22.7 Å². The monoisotopic (exact) mass is 448 g/mol.